The molecule has 0 saturated carbocycles. The molecule has 6 heteroatoms. The largest absolute Gasteiger partial charge is 0.508 e. The van der Waals surface area contributed by atoms with E-state index in [2.05, 4.69) is 36.5 Å². The lowest BCUT2D eigenvalue weighted by Crippen LogP contribution is -2.47. The number of hydrogen-bond donors (Lipinski definition) is 2. The monoisotopic (exact) mass is 507 g/mol. The number of aromatic hydroxyl groups is 1. The van der Waals surface area contributed by atoms with Crippen molar-refractivity contribution in [2.24, 2.45) is 5.92 Å². The van der Waals surface area contributed by atoms with Gasteiger partial charge in [0.15, 0.2) is 0 Å². The first-order valence-electron chi connectivity index (χ1n) is 12.6. The van der Waals surface area contributed by atoms with Crippen LogP contribution in [0.4, 0.5) is 0 Å². The van der Waals surface area contributed by atoms with Crippen LogP contribution < -0.4 is 5.32 Å². The predicted octanol–water partition coefficient (Wildman–Crippen LogP) is 6.51. The summed E-state index contributed by atoms with van der Waals surface area (Å²) in [4.78, 5) is 27.5. The number of hydrogen-bond acceptors (Lipinski definition) is 5. The van der Waals surface area contributed by atoms with Crippen LogP contribution in [0, 0.1) is 5.92 Å². The summed E-state index contributed by atoms with van der Waals surface area (Å²) in [7, 11) is 0. The van der Waals surface area contributed by atoms with Gasteiger partial charge in [0.25, 0.3) is 0 Å². The molecule has 0 radical (unpaired) electrons. The molecule has 0 bridgehead atoms. The van der Waals surface area contributed by atoms with Gasteiger partial charge in [0.2, 0.25) is 5.91 Å². The maximum Gasteiger partial charge on any atom is 0.329 e. The van der Waals surface area contributed by atoms with Crippen LogP contribution in [0.15, 0.2) is 71.6 Å². The van der Waals surface area contributed by atoms with Gasteiger partial charge in [-0.2, -0.15) is 0 Å². The number of rotatable bonds is 11. The fraction of sp³-hybridized carbons (Fsp3) is 0.400. The number of nitrogens with one attached hydrogen (secondary N) is 1. The topological polar surface area (TPSA) is 75.6 Å². The molecule has 3 aromatic carbocycles. The van der Waals surface area contributed by atoms with Gasteiger partial charge in [-0.1, -0.05) is 62.2 Å². The zero-order valence-corrected chi connectivity index (χ0v) is 22.4. The molecule has 0 aromatic heterocycles. The van der Waals surface area contributed by atoms with Crippen LogP contribution in [0.1, 0.15) is 52.5 Å². The van der Waals surface area contributed by atoms with Crippen molar-refractivity contribution in [1.29, 1.82) is 0 Å². The molecule has 3 aromatic rings. The number of unbranched alkanes of at least 4 members (excludes halogenated alkanes) is 1. The van der Waals surface area contributed by atoms with E-state index >= 15 is 0 Å². The van der Waals surface area contributed by atoms with Crippen molar-refractivity contribution in [3.05, 3.63) is 72.3 Å². The van der Waals surface area contributed by atoms with Crippen LogP contribution in [0.3, 0.4) is 0 Å². The molecule has 5 nitrogen and oxygen atoms in total. The van der Waals surface area contributed by atoms with Gasteiger partial charge in [-0.05, 0) is 74.2 Å². The molecule has 0 fully saturated rings. The first-order valence-corrected chi connectivity index (χ1v) is 13.6. The molecule has 0 saturated heterocycles. The van der Waals surface area contributed by atoms with Crippen molar-refractivity contribution in [2.75, 3.05) is 5.75 Å². The minimum Gasteiger partial charge on any atom is -0.508 e. The molecule has 0 aliphatic carbocycles. The van der Waals surface area contributed by atoms with E-state index in [-0.39, 0.29) is 23.5 Å². The van der Waals surface area contributed by atoms with Gasteiger partial charge in [0.05, 0.1) is 5.92 Å². The van der Waals surface area contributed by atoms with E-state index in [0.717, 1.165) is 34.1 Å². The Morgan fingerprint density at radius 1 is 1.00 bits per heavy atom. The molecule has 0 heterocycles. The number of phenols is 1. The highest BCUT2D eigenvalue weighted by Gasteiger charge is 2.29. The Labute approximate surface area is 218 Å². The number of amides is 1. The van der Waals surface area contributed by atoms with Gasteiger partial charge in [-0.3, -0.25) is 4.79 Å². The van der Waals surface area contributed by atoms with Crippen molar-refractivity contribution in [2.45, 2.75) is 69.9 Å². The number of carbonyl (C=O) groups is 2. The minimum absolute atomic E-state index is 0.152. The predicted molar refractivity (Wildman–Crippen MR) is 147 cm³/mol. The van der Waals surface area contributed by atoms with Crippen molar-refractivity contribution in [3.63, 3.8) is 0 Å². The van der Waals surface area contributed by atoms with Crippen LogP contribution in [0.25, 0.3) is 10.8 Å². The Balaban J connectivity index is 1.83. The van der Waals surface area contributed by atoms with E-state index in [1.54, 1.807) is 23.9 Å². The number of ether oxygens (including phenoxy) is 1. The Morgan fingerprint density at radius 2 is 1.69 bits per heavy atom. The molecule has 0 unspecified atom stereocenters. The lowest BCUT2D eigenvalue weighted by atomic mass is 9.95. The fourth-order valence-corrected chi connectivity index (χ4v) is 5.01. The minimum atomic E-state index is -0.676. The maximum atomic E-state index is 13.6. The molecular formula is C30H37NO4S. The van der Waals surface area contributed by atoms with Gasteiger partial charge in [0.1, 0.15) is 17.4 Å². The summed E-state index contributed by atoms with van der Waals surface area (Å²) >= 11 is 1.57. The van der Waals surface area contributed by atoms with Gasteiger partial charge in [-0.15, -0.1) is 11.8 Å². The third-order valence-corrected chi connectivity index (χ3v) is 7.03. The van der Waals surface area contributed by atoms with E-state index in [4.69, 9.17) is 4.74 Å². The van der Waals surface area contributed by atoms with Gasteiger partial charge in [-0.25, -0.2) is 4.79 Å². The van der Waals surface area contributed by atoms with Gasteiger partial charge < -0.3 is 15.2 Å². The van der Waals surface area contributed by atoms with Crippen molar-refractivity contribution in [3.8, 4) is 5.75 Å². The van der Waals surface area contributed by atoms with Crippen molar-refractivity contribution in [1.82, 2.24) is 5.32 Å². The Morgan fingerprint density at radius 3 is 2.39 bits per heavy atom. The standard InChI is InChI=1S/C30H37NO4S/c1-5-6-14-27(29(34)35-30(2,3)4)31-28(33)23(20-36-25-17-15-24(32)16-18-25)19-22-12-9-11-21-10-7-8-13-26(21)22/h7-13,15-18,23,27,32H,5-6,14,19-20H2,1-4H3,(H,31,33)/t23-,27+/m1/s1. The Hall–Kier alpha value is -2.99. The Bertz CT molecular complexity index is 1150. The second-order valence-corrected chi connectivity index (χ2v) is 11.2. The second kappa shape index (κ2) is 12.8. The normalized spacial score (nSPS) is 13.2. The summed E-state index contributed by atoms with van der Waals surface area (Å²) in [6, 6.07) is 20.6. The number of thioether (sulfide) groups is 1. The third kappa shape index (κ3) is 8.30. The maximum absolute atomic E-state index is 13.6. The quantitative estimate of drug-likeness (QED) is 0.228. The summed E-state index contributed by atoms with van der Waals surface area (Å²) in [5, 5.41) is 14.9. The fourth-order valence-electron chi connectivity index (χ4n) is 4.02. The van der Waals surface area contributed by atoms with E-state index < -0.39 is 11.6 Å². The molecule has 0 spiro atoms. The average molecular weight is 508 g/mol. The van der Waals surface area contributed by atoms with E-state index in [0.29, 0.717) is 18.6 Å². The average Bonchev–Trinajstić information content (AvgIpc) is 2.84. The van der Waals surface area contributed by atoms with Crippen LogP contribution in [-0.2, 0) is 20.7 Å². The molecule has 36 heavy (non-hydrogen) atoms. The summed E-state index contributed by atoms with van der Waals surface area (Å²) in [5.74, 6) is -0.156. The smallest absolute Gasteiger partial charge is 0.329 e. The van der Waals surface area contributed by atoms with Crippen molar-refractivity contribution >= 4 is 34.4 Å². The molecule has 192 valence electrons. The number of benzene rings is 3. The molecule has 1 amide bonds. The van der Waals surface area contributed by atoms with Crippen molar-refractivity contribution < 1.29 is 19.4 Å². The zero-order valence-electron chi connectivity index (χ0n) is 21.6. The van der Waals surface area contributed by atoms with E-state index in [1.165, 1.54) is 0 Å². The highest BCUT2D eigenvalue weighted by atomic mass is 32.2. The number of phenolic OH excluding ortho intramolecular Hbond substituents is 1. The lowest BCUT2D eigenvalue weighted by Gasteiger charge is -2.26. The molecular weight excluding hydrogens is 470 g/mol. The highest BCUT2D eigenvalue weighted by Crippen LogP contribution is 2.27. The number of fused-ring (bicyclic) bond motifs is 1. The third-order valence-electron chi connectivity index (χ3n) is 5.86. The second-order valence-electron chi connectivity index (χ2n) is 10.1. The van der Waals surface area contributed by atoms with Gasteiger partial charge in [0, 0.05) is 10.6 Å². The molecule has 2 atom stereocenters. The summed E-state index contributed by atoms with van der Waals surface area (Å²) < 4.78 is 5.61. The number of carbonyl (C=O) groups excluding carboxylic acids is 2. The van der Waals surface area contributed by atoms with Crippen LogP contribution >= 0.6 is 11.8 Å². The summed E-state index contributed by atoms with van der Waals surface area (Å²) in [5.41, 5.74) is 0.477. The van der Waals surface area contributed by atoms with Crippen LogP contribution in [0.2, 0.25) is 0 Å². The molecule has 2 N–H and O–H groups in total. The van der Waals surface area contributed by atoms with E-state index in [1.807, 2.05) is 51.1 Å². The SMILES string of the molecule is CCCC[C@H](NC(=O)[C@@H](CSc1ccc(O)cc1)Cc1cccc2ccccc12)C(=O)OC(C)(C)C. The number of esters is 1. The Kier molecular flexibility index (Phi) is 9.82. The van der Waals surface area contributed by atoms with Gasteiger partial charge >= 0.3 is 5.97 Å². The molecule has 3 rings (SSSR count). The van der Waals surface area contributed by atoms with Crippen LogP contribution in [-0.4, -0.2) is 34.4 Å². The highest BCUT2D eigenvalue weighted by molar-refractivity contribution is 7.99. The zero-order chi connectivity index (χ0) is 26.1. The van der Waals surface area contributed by atoms with Crippen LogP contribution in [0.5, 0.6) is 5.75 Å². The first kappa shape index (κ1) is 27.6. The molecule has 0 aliphatic heterocycles. The first-order chi connectivity index (χ1) is 17.2. The van der Waals surface area contributed by atoms with E-state index in [9.17, 15) is 14.7 Å². The molecule has 0 aliphatic rings. The lowest BCUT2D eigenvalue weighted by molar-refractivity contribution is -0.159. The summed E-state index contributed by atoms with van der Waals surface area (Å²) in [6.45, 7) is 7.56. The summed E-state index contributed by atoms with van der Waals surface area (Å²) in [6.07, 6.45) is 2.84.